The average Bonchev–Trinajstić information content (AvgIpc) is 2.64. The number of hydrogen-bond acceptors (Lipinski definition) is 5. The van der Waals surface area contributed by atoms with Crippen LogP contribution in [-0.4, -0.2) is 32.2 Å². The summed E-state index contributed by atoms with van der Waals surface area (Å²) in [5, 5.41) is 2.15. The number of carbonyl (C=O) groups is 2. The minimum absolute atomic E-state index is 0.178. The highest BCUT2D eigenvalue weighted by Gasteiger charge is 2.21. The Kier molecular flexibility index (Phi) is 6.11. The smallest absolute Gasteiger partial charge is 0.337 e. The first-order valence-electron chi connectivity index (χ1n) is 7.55. The summed E-state index contributed by atoms with van der Waals surface area (Å²) < 4.78 is 42.5. The molecule has 1 atom stereocenters. The lowest BCUT2D eigenvalue weighted by molar-refractivity contribution is -0.122. The van der Waals surface area contributed by atoms with Crippen LogP contribution in [0, 0.1) is 11.6 Å². The Hall–Kier alpha value is -3.16. The van der Waals surface area contributed by atoms with Crippen molar-refractivity contribution in [3.63, 3.8) is 0 Å². The number of halogens is 2. The zero-order valence-corrected chi connectivity index (χ0v) is 14.3. The Bertz CT molecular complexity index is 805. The van der Waals surface area contributed by atoms with Crippen molar-refractivity contribution in [2.45, 2.75) is 13.0 Å². The molecule has 138 valence electrons. The fraction of sp³-hybridized carbons (Fsp3) is 0.222. The van der Waals surface area contributed by atoms with Crippen LogP contribution in [0.2, 0.25) is 0 Å². The molecule has 0 heterocycles. The molecule has 0 aliphatic carbocycles. The summed E-state index contributed by atoms with van der Waals surface area (Å²) in [6.45, 7) is 1.40. The highest BCUT2D eigenvalue weighted by molar-refractivity contribution is 5.94. The highest BCUT2D eigenvalue weighted by Crippen LogP contribution is 2.29. The summed E-state index contributed by atoms with van der Waals surface area (Å²) in [5.41, 5.74) is -0.316. The van der Waals surface area contributed by atoms with Crippen molar-refractivity contribution >= 4 is 17.6 Å². The van der Waals surface area contributed by atoms with E-state index >= 15 is 0 Å². The van der Waals surface area contributed by atoms with Gasteiger partial charge in [-0.2, -0.15) is 0 Å². The van der Waals surface area contributed by atoms with Gasteiger partial charge in [-0.05, 0) is 37.3 Å². The first-order valence-corrected chi connectivity index (χ1v) is 7.55. The number of para-hydroxylation sites is 1. The summed E-state index contributed by atoms with van der Waals surface area (Å²) in [4.78, 5) is 23.7. The lowest BCUT2D eigenvalue weighted by Gasteiger charge is -2.17. The van der Waals surface area contributed by atoms with Gasteiger partial charge in [0.2, 0.25) is 0 Å². The van der Waals surface area contributed by atoms with Crippen molar-refractivity contribution in [1.82, 2.24) is 0 Å². The molecule has 2 aromatic carbocycles. The zero-order valence-electron chi connectivity index (χ0n) is 14.3. The number of carbonyl (C=O) groups excluding carboxylic acids is 2. The van der Waals surface area contributed by atoms with Gasteiger partial charge >= 0.3 is 5.97 Å². The lowest BCUT2D eigenvalue weighted by atomic mass is 10.2. The molecule has 8 heteroatoms. The summed E-state index contributed by atoms with van der Waals surface area (Å²) in [6.07, 6.45) is -1.09. The largest absolute Gasteiger partial charge is 0.493 e. The van der Waals surface area contributed by atoms with Gasteiger partial charge in [0.1, 0.15) is 17.3 Å². The van der Waals surface area contributed by atoms with Crippen LogP contribution in [0.1, 0.15) is 17.3 Å². The molecule has 0 saturated carbocycles. The molecule has 0 saturated heterocycles. The topological polar surface area (TPSA) is 73.9 Å². The standard InChI is InChI=1S/C18H17F2NO5/c1-10(17(22)21-16-12(19)5-4-6-13(16)20)26-14-8-7-11(18(23)25-3)9-15(14)24-2/h4-10H,1-3H3,(H,21,22). The second kappa shape index (κ2) is 8.28. The number of hydrogen-bond donors (Lipinski definition) is 1. The predicted octanol–water partition coefficient (Wildman–Crippen LogP) is 3.17. The summed E-state index contributed by atoms with van der Waals surface area (Å²) in [5.74, 6) is -2.73. The highest BCUT2D eigenvalue weighted by atomic mass is 19.1. The molecule has 2 rings (SSSR count). The van der Waals surface area contributed by atoms with Gasteiger partial charge in [0.25, 0.3) is 5.91 Å². The van der Waals surface area contributed by atoms with Crippen LogP contribution < -0.4 is 14.8 Å². The molecule has 1 amide bonds. The van der Waals surface area contributed by atoms with Crippen LogP contribution in [0.15, 0.2) is 36.4 Å². The fourth-order valence-electron chi connectivity index (χ4n) is 2.10. The van der Waals surface area contributed by atoms with Crippen LogP contribution >= 0.6 is 0 Å². The van der Waals surface area contributed by atoms with Gasteiger partial charge in [-0.1, -0.05) is 6.07 Å². The maximum absolute atomic E-state index is 13.6. The lowest BCUT2D eigenvalue weighted by Crippen LogP contribution is -2.31. The van der Waals surface area contributed by atoms with Gasteiger partial charge in [0, 0.05) is 0 Å². The summed E-state index contributed by atoms with van der Waals surface area (Å²) in [7, 11) is 2.61. The molecule has 0 spiro atoms. The van der Waals surface area contributed by atoms with Gasteiger partial charge in [-0.25, -0.2) is 13.6 Å². The number of rotatable bonds is 6. The van der Waals surface area contributed by atoms with Crippen LogP contribution in [0.25, 0.3) is 0 Å². The Morgan fingerprint density at radius 1 is 1.04 bits per heavy atom. The van der Waals surface area contributed by atoms with E-state index in [0.29, 0.717) is 0 Å². The summed E-state index contributed by atoms with van der Waals surface area (Å²) in [6, 6.07) is 7.50. The molecule has 0 bridgehead atoms. The van der Waals surface area contributed by atoms with Crippen LogP contribution in [0.5, 0.6) is 11.5 Å². The second-order valence-electron chi connectivity index (χ2n) is 5.20. The Labute approximate surface area is 148 Å². The third kappa shape index (κ3) is 4.27. The molecule has 0 fully saturated rings. The van der Waals surface area contributed by atoms with E-state index in [1.54, 1.807) is 0 Å². The van der Waals surface area contributed by atoms with Crippen molar-refractivity contribution < 1.29 is 32.6 Å². The third-order valence-corrected chi connectivity index (χ3v) is 3.47. The van der Waals surface area contributed by atoms with Crippen LogP contribution in [0.3, 0.4) is 0 Å². The SMILES string of the molecule is COC(=O)c1ccc(OC(C)C(=O)Nc2c(F)cccc2F)c(OC)c1. The average molecular weight is 365 g/mol. The van der Waals surface area contributed by atoms with Gasteiger partial charge in [-0.15, -0.1) is 0 Å². The van der Waals surface area contributed by atoms with Crippen LogP contribution in [-0.2, 0) is 9.53 Å². The van der Waals surface area contributed by atoms with Crippen molar-refractivity contribution in [3.8, 4) is 11.5 Å². The van der Waals surface area contributed by atoms with Crippen molar-refractivity contribution in [2.75, 3.05) is 19.5 Å². The molecule has 26 heavy (non-hydrogen) atoms. The molecule has 0 radical (unpaired) electrons. The zero-order chi connectivity index (χ0) is 19.3. The molecule has 1 unspecified atom stereocenters. The maximum Gasteiger partial charge on any atom is 0.337 e. The molecule has 1 N–H and O–H groups in total. The Morgan fingerprint density at radius 3 is 2.27 bits per heavy atom. The maximum atomic E-state index is 13.6. The number of benzene rings is 2. The van der Waals surface area contributed by atoms with Crippen molar-refractivity contribution in [2.24, 2.45) is 0 Å². The molecule has 6 nitrogen and oxygen atoms in total. The second-order valence-corrected chi connectivity index (χ2v) is 5.20. The molecule has 0 aromatic heterocycles. The number of ether oxygens (including phenoxy) is 3. The van der Waals surface area contributed by atoms with E-state index in [-0.39, 0.29) is 17.1 Å². The van der Waals surface area contributed by atoms with Gasteiger partial charge in [0.05, 0.1) is 19.8 Å². The van der Waals surface area contributed by atoms with Crippen LogP contribution in [0.4, 0.5) is 14.5 Å². The van der Waals surface area contributed by atoms with Crippen molar-refractivity contribution in [3.05, 3.63) is 53.6 Å². The van der Waals surface area contributed by atoms with Gasteiger partial charge < -0.3 is 19.5 Å². The van der Waals surface area contributed by atoms with E-state index in [1.807, 2.05) is 0 Å². The fourth-order valence-corrected chi connectivity index (χ4v) is 2.10. The van der Waals surface area contributed by atoms with E-state index in [2.05, 4.69) is 10.1 Å². The predicted molar refractivity (Wildman–Crippen MR) is 89.4 cm³/mol. The van der Waals surface area contributed by atoms with E-state index in [9.17, 15) is 18.4 Å². The van der Waals surface area contributed by atoms with E-state index < -0.39 is 35.3 Å². The van der Waals surface area contributed by atoms with E-state index in [0.717, 1.165) is 12.1 Å². The van der Waals surface area contributed by atoms with Gasteiger partial charge in [0.15, 0.2) is 17.6 Å². The molecular formula is C18H17F2NO5. The van der Waals surface area contributed by atoms with Crippen molar-refractivity contribution in [1.29, 1.82) is 0 Å². The molecule has 2 aromatic rings. The number of nitrogens with one attached hydrogen (secondary N) is 1. The third-order valence-electron chi connectivity index (χ3n) is 3.47. The van der Waals surface area contributed by atoms with Gasteiger partial charge in [-0.3, -0.25) is 4.79 Å². The molecular weight excluding hydrogens is 348 g/mol. The molecule has 0 aliphatic heterocycles. The first kappa shape index (κ1) is 19.2. The normalized spacial score (nSPS) is 11.4. The molecule has 0 aliphatic rings. The number of methoxy groups -OCH3 is 2. The quantitative estimate of drug-likeness (QED) is 0.796. The Morgan fingerprint density at radius 2 is 1.69 bits per heavy atom. The minimum atomic E-state index is -1.09. The monoisotopic (exact) mass is 365 g/mol. The number of anilines is 1. The number of amides is 1. The van der Waals surface area contributed by atoms with E-state index in [4.69, 9.17) is 9.47 Å². The Balaban J connectivity index is 2.15. The minimum Gasteiger partial charge on any atom is -0.493 e. The number of esters is 1. The van der Waals surface area contributed by atoms with E-state index in [1.165, 1.54) is 45.4 Å². The summed E-state index contributed by atoms with van der Waals surface area (Å²) >= 11 is 0. The first-order chi connectivity index (χ1) is 12.4.